The minimum atomic E-state index is 0.837. The minimum Gasteiger partial charge on any atom is -0.456 e. The molecule has 0 bridgehead atoms. The molecule has 0 unspecified atom stereocenters. The number of nitrogens with zero attached hydrogens (tertiary/aromatic N) is 1. The highest BCUT2D eigenvalue weighted by atomic mass is 16.3. The molecule has 20 heavy (non-hydrogen) atoms. The fourth-order valence-electron chi connectivity index (χ4n) is 2.60. The van der Waals surface area contributed by atoms with Crippen LogP contribution in [0.1, 0.15) is 5.56 Å². The van der Waals surface area contributed by atoms with Crippen molar-refractivity contribution >= 4 is 16.8 Å². The van der Waals surface area contributed by atoms with Gasteiger partial charge in [-0.3, -0.25) is 4.99 Å². The van der Waals surface area contributed by atoms with Gasteiger partial charge in [0.25, 0.3) is 0 Å². The predicted octanol–water partition coefficient (Wildman–Crippen LogP) is 3.45. The molecule has 1 N–H and O–H groups in total. The van der Waals surface area contributed by atoms with Crippen LogP contribution < -0.4 is 5.32 Å². The first kappa shape index (κ1) is 11.3. The molecule has 0 atom stereocenters. The average Bonchev–Trinajstić information content (AvgIpc) is 3.16. The van der Waals surface area contributed by atoms with Gasteiger partial charge >= 0.3 is 0 Å². The summed E-state index contributed by atoms with van der Waals surface area (Å²) in [6, 6.07) is 18.4. The summed E-state index contributed by atoms with van der Waals surface area (Å²) in [5.74, 6) is 1.85. The van der Waals surface area contributed by atoms with E-state index in [0.717, 1.165) is 46.8 Å². The maximum Gasteiger partial charge on any atom is 0.136 e. The summed E-state index contributed by atoms with van der Waals surface area (Å²) >= 11 is 0. The third kappa shape index (κ3) is 1.79. The monoisotopic (exact) mass is 262 g/mol. The Morgan fingerprint density at radius 2 is 1.75 bits per heavy atom. The predicted molar refractivity (Wildman–Crippen MR) is 81.1 cm³/mol. The van der Waals surface area contributed by atoms with E-state index >= 15 is 0 Å². The summed E-state index contributed by atoms with van der Waals surface area (Å²) in [4.78, 5) is 4.51. The summed E-state index contributed by atoms with van der Waals surface area (Å²) in [7, 11) is 0. The van der Waals surface area contributed by atoms with Crippen molar-refractivity contribution in [3.63, 3.8) is 0 Å². The van der Waals surface area contributed by atoms with Gasteiger partial charge in [-0.15, -0.1) is 0 Å². The number of fused-ring (bicyclic) bond motifs is 1. The van der Waals surface area contributed by atoms with E-state index in [1.807, 2.05) is 30.3 Å². The van der Waals surface area contributed by atoms with Gasteiger partial charge in [-0.2, -0.15) is 0 Å². The molecule has 2 aromatic carbocycles. The summed E-state index contributed by atoms with van der Waals surface area (Å²) in [6.45, 7) is 1.74. The molecule has 0 saturated carbocycles. The number of aliphatic imine (C=N–C) groups is 1. The van der Waals surface area contributed by atoms with Crippen LogP contribution in [0.3, 0.4) is 0 Å². The first-order valence-corrected chi connectivity index (χ1v) is 6.78. The van der Waals surface area contributed by atoms with Gasteiger partial charge in [0.2, 0.25) is 0 Å². The number of rotatable bonds is 2. The van der Waals surface area contributed by atoms with E-state index in [1.165, 1.54) is 0 Å². The molecule has 3 aromatic rings. The van der Waals surface area contributed by atoms with Crippen molar-refractivity contribution in [2.45, 2.75) is 0 Å². The van der Waals surface area contributed by atoms with Crippen molar-refractivity contribution in [3.05, 3.63) is 60.2 Å². The van der Waals surface area contributed by atoms with Crippen molar-refractivity contribution in [2.24, 2.45) is 4.99 Å². The molecule has 0 amide bonds. The Morgan fingerprint density at radius 3 is 2.55 bits per heavy atom. The normalized spacial score (nSPS) is 14.3. The lowest BCUT2D eigenvalue weighted by Crippen LogP contribution is -2.20. The van der Waals surface area contributed by atoms with E-state index in [0.29, 0.717) is 0 Å². The molecule has 0 spiro atoms. The molecule has 1 aliphatic heterocycles. The second kappa shape index (κ2) is 4.53. The summed E-state index contributed by atoms with van der Waals surface area (Å²) in [5, 5.41) is 4.45. The molecule has 0 radical (unpaired) electrons. The highest BCUT2D eigenvalue weighted by molar-refractivity contribution is 6.05. The first-order valence-electron chi connectivity index (χ1n) is 6.78. The Labute approximate surface area is 116 Å². The van der Waals surface area contributed by atoms with Crippen LogP contribution in [0.5, 0.6) is 0 Å². The molecule has 3 heteroatoms. The zero-order valence-electron chi connectivity index (χ0n) is 11.0. The van der Waals surface area contributed by atoms with Gasteiger partial charge in [-0.25, -0.2) is 0 Å². The van der Waals surface area contributed by atoms with Gasteiger partial charge in [-0.1, -0.05) is 42.5 Å². The molecule has 4 rings (SSSR count). The first-order chi connectivity index (χ1) is 9.92. The molecule has 3 nitrogen and oxygen atoms in total. The second-order valence-corrected chi connectivity index (χ2v) is 4.85. The molecule has 2 heterocycles. The topological polar surface area (TPSA) is 37.5 Å². The van der Waals surface area contributed by atoms with Crippen LogP contribution >= 0.6 is 0 Å². The fourth-order valence-corrected chi connectivity index (χ4v) is 2.60. The van der Waals surface area contributed by atoms with Crippen LogP contribution in [-0.2, 0) is 0 Å². The van der Waals surface area contributed by atoms with E-state index in [9.17, 15) is 0 Å². The Hall–Kier alpha value is -2.55. The number of nitrogens with one attached hydrogen (secondary N) is 1. The highest BCUT2D eigenvalue weighted by Gasteiger charge is 2.15. The largest absolute Gasteiger partial charge is 0.456 e. The number of hydrogen-bond acceptors (Lipinski definition) is 3. The van der Waals surface area contributed by atoms with E-state index in [1.54, 1.807) is 0 Å². The van der Waals surface area contributed by atoms with Gasteiger partial charge in [0.15, 0.2) is 0 Å². The molecule has 1 aromatic heterocycles. The van der Waals surface area contributed by atoms with Crippen molar-refractivity contribution in [2.75, 3.05) is 13.1 Å². The summed E-state index contributed by atoms with van der Waals surface area (Å²) < 4.78 is 5.97. The maximum atomic E-state index is 5.97. The molecule has 0 aliphatic carbocycles. The Bertz CT molecular complexity index is 768. The quantitative estimate of drug-likeness (QED) is 0.768. The summed E-state index contributed by atoms with van der Waals surface area (Å²) in [6.07, 6.45) is 0. The standard InChI is InChI=1S/C17H14N2O/c1-4-8-15-12(5-1)11-16(20-15)13-6-2-3-7-14(13)17-18-9-10-19-17/h1-8,11H,9-10H2,(H,18,19). The number of amidine groups is 1. The second-order valence-electron chi connectivity index (χ2n) is 4.85. The lowest BCUT2D eigenvalue weighted by molar-refractivity contribution is 0.631. The Balaban J connectivity index is 1.89. The Kier molecular flexibility index (Phi) is 2.56. The maximum absolute atomic E-state index is 5.97. The number of furan rings is 1. The Morgan fingerprint density at radius 1 is 0.950 bits per heavy atom. The molecule has 98 valence electrons. The molecular formula is C17H14N2O. The van der Waals surface area contributed by atoms with Crippen LogP contribution in [0.2, 0.25) is 0 Å². The van der Waals surface area contributed by atoms with Gasteiger partial charge < -0.3 is 9.73 Å². The van der Waals surface area contributed by atoms with E-state index in [2.05, 4.69) is 34.6 Å². The molecule has 1 aliphatic rings. The number of benzene rings is 2. The van der Waals surface area contributed by atoms with E-state index in [4.69, 9.17) is 4.42 Å². The highest BCUT2D eigenvalue weighted by Crippen LogP contribution is 2.30. The molecule has 0 fully saturated rings. The SMILES string of the molecule is c1ccc(-c2cc3ccccc3o2)c(C2=NCCN2)c1. The minimum absolute atomic E-state index is 0.837. The third-order valence-electron chi connectivity index (χ3n) is 3.55. The van der Waals surface area contributed by atoms with E-state index < -0.39 is 0 Å². The van der Waals surface area contributed by atoms with Gasteiger partial charge in [-0.05, 0) is 12.1 Å². The zero-order chi connectivity index (χ0) is 13.4. The van der Waals surface area contributed by atoms with Crippen LogP contribution in [0.4, 0.5) is 0 Å². The van der Waals surface area contributed by atoms with E-state index in [-0.39, 0.29) is 0 Å². The smallest absolute Gasteiger partial charge is 0.136 e. The fraction of sp³-hybridized carbons (Fsp3) is 0.118. The zero-order valence-corrected chi connectivity index (χ0v) is 11.0. The number of hydrogen-bond donors (Lipinski definition) is 1. The average molecular weight is 262 g/mol. The number of para-hydroxylation sites is 1. The van der Waals surface area contributed by atoms with Crippen molar-refractivity contribution in [3.8, 4) is 11.3 Å². The lowest BCUT2D eigenvalue weighted by Gasteiger charge is -2.07. The van der Waals surface area contributed by atoms with Gasteiger partial charge in [0.1, 0.15) is 17.2 Å². The lowest BCUT2D eigenvalue weighted by atomic mass is 10.0. The molecular weight excluding hydrogens is 248 g/mol. The summed E-state index contributed by atoms with van der Waals surface area (Å²) in [5.41, 5.74) is 3.10. The van der Waals surface area contributed by atoms with Crippen LogP contribution in [0.15, 0.2) is 64.0 Å². The van der Waals surface area contributed by atoms with Crippen molar-refractivity contribution < 1.29 is 4.42 Å². The van der Waals surface area contributed by atoms with Crippen LogP contribution in [0.25, 0.3) is 22.3 Å². The van der Waals surface area contributed by atoms with Crippen molar-refractivity contribution in [1.29, 1.82) is 0 Å². The van der Waals surface area contributed by atoms with Crippen LogP contribution in [-0.4, -0.2) is 18.9 Å². The van der Waals surface area contributed by atoms with Gasteiger partial charge in [0.05, 0.1) is 6.54 Å². The third-order valence-corrected chi connectivity index (χ3v) is 3.55. The van der Waals surface area contributed by atoms with Crippen molar-refractivity contribution in [1.82, 2.24) is 5.32 Å². The van der Waals surface area contributed by atoms with Crippen LogP contribution in [0, 0.1) is 0 Å². The molecule has 0 saturated heterocycles. The van der Waals surface area contributed by atoms with Gasteiger partial charge in [0, 0.05) is 23.1 Å².